The predicted molar refractivity (Wildman–Crippen MR) is 62.6 cm³/mol. The van der Waals surface area contributed by atoms with Crippen LogP contribution < -0.4 is 5.32 Å². The SMILES string of the molecule is CCCC(C)N1CCCNCC(C)C1. The fourth-order valence-corrected chi connectivity index (χ4v) is 2.31. The largest absolute Gasteiger partial charge is 0.316 e. The maximum atomic E-state index is 3.50. The topological polar surface area (TPSA) is 15.3 Å². The molecule has 1 aliphatic heterocycles. The number of hydrogen-bond donors (Lipinski definition) is 1. The van der Waals surface area contributed by atoms with E-state index >= 15 is 0 Å². The standard InChI is InChI=1S/C12H26N2/c1-4-6-12(3)14-8-5-7-13-9-11(2)10-14/h11-13H,4-10H2,1-3H3. The van der Waals surface area contributed by atoms with E-state index in [0.717, 1.165) is 12.0 Å². The Morgan fingerprint density at radius 2 is 2.29 bits per heavy atom. The van der Waals surface area contributed by atoms with Crippen molar-refractivity contribution in [2.45, 2.75) is 46.1 Å². The number of nitrogens with one attached hydrogen (secondary N) is 1. The van der Waals surface area contributed by atoms with Gasteiger partial charge in [0.1, 0.15) is 0 Å². The second kappa shape index (κ2) is 6.41. The summed E-state index contributed by atoms with van der Waals surface area (Å²) in [4.78, 5) is 2.68. The molecule has 0 radical (unpaired) electrons. The van der Waals surface area contributed by atoms with Gasteiger partial charge in [-0.15, -0.1) is 0 Å². The molecule has 1 aliphatic rings. The molecule has 0 saturated carbocycles. The summed E-state index contributed by atoms with van der Waals surface area (Å²) in [6, 6.07) is 0.778. The van der Waals surface area contributed by atoms with Crippen LogP contribution in [0.25, 0.3) is 0 Å². The zero-order valence-corrected chi connectivity index (χ0v) is 10.1. The quantitative estimate of drug-likeness (QED) is 0.747. The number of hydrogen-bond acceptors (Lipinski definition) is 2. The summed E-state index contributed by atoms with van der Waals surface area (Å²) < 4.78 is 0. The van der Waals surface area contributed by atoms with Crippen molar-refractivity contribution in [1.29, 1.82) is 0 Å². The predicted octanol–water partition coefficient (Wildman–Crippen LogP) is 2.11. The van der Waals surface area contributed by atoms with Crippen molar-refractivity contribution in [3.63, 3.8) is 0 Å². The lowest BCUT2D eigenvalue weighted by Crippen LogP contribution is -2.43. The number of rotatable bonds is 3. The van der Waals surface area contributed by atoms with E-state index in [0.29, 0.717) is 0 Å². The molecule has 0 amide bonds. The van der Waals surface area contributed by atoms with Crippen LogP contribution in [0.1, 0.15) is 40.0 Å². The van der Waals surface area contributed by atoms with Crippen LogP contribution >= 0.6 is 0 Å². The Balaban J connectivity index is 2.38. The average Bonchev–Trinajstić information content (AvgIpc) is 2.11. The lowest BCUT2D eigenvalue weighted by atomic mass is 10.1. The molecule has 1 rings (SSSR count). The molecular formula is C12H26N2. The Morgan fingerprint density at radius 3 is 3.00 bits per heavy atom. The highest BCUT2D eigenvalue weighted by Gasteiger charge is 2.17. The molecule has 2 atom stereocenters. The maximum Gasteiger partial charge on any atom is 0.00669 e. The molecule has 1 heterocycles. The molecule has 0 aliphatic carbocycles. The minimum atomic E-state index is 0.778. The van der Waals surface area contributed by atoms with Gasteiger partial charge in [0.05, 0.1) is 0 Å². The Kier molecular flexibility index (Phi) is 5.49. The Hall–Kier alpha value is -0.0800. The molecule has 0 aromatic rings. The molecule has 1 fully saturated rings. The zero-order valence-electron chi connectivity index (χ0n) is 10.1. The molecular weight excluding hydrogens is 172 g/mol. The van der Waals surface area contributed by atoms with Gasteiger partial charge in [0.25, 0.3) is 0 Å². The lowest BCUT2D eigenvalue weighted by Gasteiger charge is -2.33. The molecule has 0 bridgehead atoms. The molecule has 2 heteroatoms. The highest BCUT2D eigenvalue weighted by Crippen LogP contribution is 2.11. The van der Waals surface area contributed by atoms with E-state index in [-0.39, 0.29) is 0 Å². The summed E-state index contributed by atoms with van der Waals surface area (Å²) in [5.74, 6) is 0.801. The summed E-state index contributed by atoms with van der Waals surface area (Å²) in [7, 11) is 0. The highest BCUT2D eigenvalue weighted by molar-refractivity contribution is 4.73. The van der Waals surface area contributed by atoms with Crippen molar-refractivity contribution in [2.24, 2.45) is 5.92 Å². The highest BCUT2D eigenvalue weighted by atomic mass is 15.2. The van der Waals surface area contributed by atoms with E-state index in [1.54, 1.807) is 0 Å². The first-order valence-electron chi connectivity index (χ1n) is 6.18. The van der Waals surface area contributed by atoms with Gasteiger partial charge in [0, 0.05) is 12.6 Å². The minimum absolute atomic E-state index is 0.778. The summed E-state index contributed by atoms with van der Waals surface area (Å²) >= 11 is 0. The van der Waals surface area contributed by atoms with Crippen LogP contribution in [0.3, 0.4) is 0 Å². The van der Waals surface area contributed by atoms with Gasteiger partial charge >= 0.3 is 0 Å². The summed E-state index contributed by atoms with van der Waals surface area (Å²) in [5.41, 5.74) is 0. The Labute approximate surface area is 89.1 Å². The Morgan fingerprint density at radius 1 is 1.50 bits per heavy atom. The minimum Gasteiger partial charge on any atom is -0.316 e. The Bertz CT molecular complexity index is 147. The first-order chi connectivity index (χ1) is 6.74. The molecule has 2 nitrogen and oxygen atoms in total. The monoisotopic (exact) mass is 198 g/mol. The van der Waals surface area contributed by atoms with Crippen molar-refractivity contribution >= 4 is 0 Å². The van der Waals surface area contributed by atoms with Crippen LogP contribution in [0.4, 0.5) is 0 Å². The summed E-state index contributed by atoms with van der Waals surface area (Å²) in [5, 5.41) is 3.50. The fraction of sp³-hybridized carbons (Fsp3) is 1.00. The fourth-order valence-electron chi connectivity index (χ4n) is 2.31. The summed E-state index contributed by atoms with van der Waals surface area (Å²) in [6.45, 7) is 11.9. The average molecular weight is 198 g/mol. The second-order valence-electron chi connectivity index (χ2n) is 4.80. The number of nitrogens with zero attached hydrogens (tertiary/aromatic N) is 1. The van der Waals surface area contributed by atoms with Crippen molar-refractivity contribution in [1.82, 2.24) is 10.2 Å². The molecule has 2 unspecified atom stereocenters. The maximum absolute atomic E-state index is 3.50. The van der Waals surface area contributed by atoms with Crippen molar-refractivity contribution in [3.8, 4) is 0 Å². The zero-order chi connectivity index (χ0) is 10.4. The van der Waals surface area contributed by atoms with Crippen molar-refractivity contribution < 1.29 is 0 Å². The van der Waals surface area contributed by atoms with Crippen LogP contribution in [0.5, 0.6) is 0 Å². The van der Waals surface area contributed by atoms with E-state index in [9.17, 15) is 0 Å². The third-order valence-electron chi connectivity index (χ3n) is 3.17. The first kappa shape index (κ1) is 12.0. The molecule has 0 aromatic carbocycles. The van der Waals surface area contributed by atoms with Gasteiger partial charge in [-0.3, -0.25) is 0 Å². The van der Waals surface area contributed by atoms with Gasteiger partial charge in [-0.25, -0.2) is 0 Å². The first-order valence-corrected chi connectivity index (χ1v) is 6.18. The third kappa shape index (κ3) is 3.97. The smallest absolute Gasteiger partial charge is 0.00669 e. The molecule has 84 valence electrons. The van der Waals surface area contributed by atoms with E-state index in [1.165, 1.54) is 45.4 Å². The van der Waals surface area contributed by atoms with Gasteiger partial charge in [0.2, 0.25) is 0 Å². The van der Waals surface area contributed by atoms with Gasteiger partial charge in [-0.1, -0.05) is 20.3 Å². The molecule has 0 spiro atoms. The van der Waals surface area contributed by atoms with Crippen molar-refractivity contribution in [2.75, 3.05) is 26.2 Å². The molecule has 0 aromatic heterocycles. The molecule has 14 heavy (non-hydrogen) atoms. The molecule has 1 saturated heterocycles. The van der Waals surface area contributed by atoms with Crippen LogP contribution in [-0.2, 0) is 0 Å². The van der Waals surface area contributed by atoms with E-state index in [4.69, 9.17) is 0 Å². The van der Waals surface area contributed by atoms with Gasteiger partial charge in [0.15, 0.2) is 0 Å². The lowest BCUT2D eigenvalue weighted by molar-refractivity contribution is 0.159. The van der Waals surface area contributed by atoms with E-state index < -0.39 is 0 Å². The van der Waals surface area contributed by atoms with E-state index in [2.05, 4.69) is 31.0 Å². The second-order valence-corrected chi connectivity index (χ2v) is 4.80. The van der Waals surface area contributed by atoms with Crippen molar-refractivity contribution in [3.05, 3.63) is 0 Å². The van der Waals surface area contributed by atoms with E-state index in [1.807, 2.05) is 0 Å². The summed E-state index contributed by atoms with van der Waals surface area (Å²) in [6.07, 6.45) is 3.96. The van der Waals surface area contributed by atoms with Crippen LogP contribution in [0.2, 0.25) is 0 Å². The van der Waals surface area contributed by atoms with Gasteiger partial charge in [-0.2, -0.15) is 0 Å². The van der Waals surface area contributed by atoms with Crippen LogP contribution in [-0.4, -0.2) is 37.1 Å². The van der Waals surface area contributed by atoms with Gasteiger partial charge < -0.3 is 10.2 Å². The molecule has 1 N–H and O–H groups in total. The van der Waals surface area contributed by atoms with Gasteiger partial charge in [-0.05, 0) is 45.3 Å². The normalized spacial score (nSPS) is 28.1. The van der Waals surface area contributed by atoms with Crippen LogP contribution in [0.15, 0.2) is 0 Å². The third-order valence-corrected chi connectivity index (χ3v) is 3.17. The van der Waals surface area contributed by atoms with Crippen LogP contribution in [0, 0.1) is 5.92 Å².